The van der Waals surface area contributed by atoms with Gasteiger partial charge in [-0.2, -0.15) is 0 Å². The van der Waals surface area contributed by atoms with Crippen molar-refractivity contribution in [3.63, 3.8) is 0 Å². The van der Waals surface area contributed by atoms with Crippen molar-refractivity contribution in [1.29, 1.82) is 0 Å². The molecule has 0 N–H and O–H groups in total. The lowest BCUT2D eigenvalue weighted by atomic mass is 10.7. The predicted molar refractivity (Wildman–Crippen MR) is 32.0 cm³/mol. The molecule has 0 radical (unpaired) electrons. The third-order valence-corrected chi connectivity index (χ3v) is 1.52. The number of carbonyl (C=O) groups excluding carboxylic acids is 1. The van der Waals surface area contributed by atoms with Crippen LogP contribution in [-0.4, -0.2) is 23.5 Å². The van der Waals surface area contributed by atoms with Crippen molar-refractivity contribution >= 4 is 17.9 Å². The Labute approximate surface area is 48.0 Å². The quantitative estimate of drug-likeness (QED) is 0.474. The van der Waals surface area contributed by atoms with Crippen molar-refractivity contribution in [2.24, 2.45) is 0 Å². The van der Waals surface area contributed by atoms with Gasteiger partial charge in [-0.1, -0.05) is 11.9 Å². The Morgan fingerprint density at radius 3 is 2.14 bits per heavy atom. The van der Waals surface area contributed by atoms with Crippen LogP contribution in [0.1, 0.15) is 6.92 Å². The van der Waals surface area contributed by atoms with Crippen LogP contribution < -0.4 is 0 Å². The Bertz CT molecular complexity index is 74.1. The molecule has 0 bridgehead atoms. The normalized spacial score (nSPS) is 8.43. The summed E-state index contributed by atoms with van der Waals surface area (Å²) in [6.45, 7) is 1.54. The van der Waals surface area contributed by atoms with Gasteiger partial charge in [0, 0.05) is 20.2 Å². The van der Waals surface area contributed by atoms with Gasteiger partial charge >= 0.3 is 0 Å². The Morgan fingerprint density at radius 1 is 1.71 bits per heavy atom. The molecular weight excluding hydrogens is 110 g/mol. The number of nitrogens with zero attached hydrogens (tertiary/aromatic N) is 1. The van der Waals surface area contributed by atoms with Crippen LogP contribution in [0.5, 0.6) is 0 Å². The standard InChI is InChI=1S/C4H9NOS/c1-4(6)5(2)7-3/h1-3H3. The average molecular weight is 119 g/mol. The molecule has 0 rings (SSSR count). The first-order valence-corrected chi connectivity index (χ1v) is 3.15. The summed E-state index contributed by atoms with van der Waals surface area (Å²) in [5.74, 6) is 0.0903. The summed E-state index contributed by atoms with van der Waals surface area (Å²) in [7, 11) is 1.74. The van der Waals surface area contributed by atoms with Gasteiger partial charge in [0.15, 0.2) is 0 Å². The number of hydrogen-bond donors (Lipinski definition) is 0. The zero-order valence-corrected chi connectivity index (χ0v) is 5.58. The van der Waals surface area contributed by atoms with Crippen molar-refractivity contribution < 1.29 is 4.79 Å². The molecule has 1 amide bonds. The highest BCUT2D eigenvalue weighted by Crippen LogP contribution is 1.98. The minimum Gasteiger partial charge on any atom is -0.290 e. The first-order valence-electron chi connectivity index (χ1n) is 1.97. The molecule has 0 aromatic rings. The summed E-state index contributed by atoms with van der Waals surface area (Å²) in [6, 6.07) is 0. The van der Waals surface area contributed by atoms with Gasteiger partial charge in [-0.05, 0) is 0 Å². The van der Waals surface area contributed by atoms with E-state index in [1.54, 1.807) is 11.4 Å². The molecule has 0 saturated carbocycles. The maximum Gasteiger partial charge on any atom is 0.229 e. The van der Waals surface area contributed by atoms with Gasteiger partial charge in [0.1, 0.15) is 0 Å². The SMILES string of the molecule is CSN(C)C(C)=O. The van der Waals surface area contributed by atoms with Gasteiger partial charge < -0.3 is 0 Å². The predicted octanol–water partition coefficient (Wildman–Crippen LogP) is 0.743. The van der Waals surface area contributed by atoms with E-state index in [2.05, 4.69) is 0 Å². The molecule has 0 aliphatic rings. The average Bonchev–Trinajstić information content (AvgIpc) is 1.65. The van der Waals surface area contributed by atoms with Crippen molar-refractivity contribution in [1.82, 2.24) is 4.31 Å². The highest BCUT2D eigenvalue weighted by atomic mass is 32.2. The third-order valence-electron chi connectivity index (χ3n) is 0.717. The fourth-order valence-electron chi connectivity index (χ4n) is 0.129. The minimum absolute atomic E-state index is 0.0903. The molecule has 0 aliphatic heterocycles. The molecule has 42 valence electrons. The Hall–Kier alpha value is -0.180. The van der Waals surface area contributed by atoms with Crippen LogP contribution in [0.3, 0.4) is 0 Å². The summed E-state index contributed by atoms with van der Waals surface area (Å²) in [5.41, 5.74) is 0. The van der Waals surface area contributed by atoms with E-state index in [1.807, 2.05) is 6.26 Å². The molecule has 7 heavy (non-hydrogen) atoms. The third kappa shape index (κ3) is 2.51. The number of amides is 1. The molecule has 0 unspecified atom stereocenters. The molecule has 0 heterocycles. The summed E-state index contributed by atoms with van der Waals surface area (Å²) >= 11 is 1.42. The first kappa shape index (κ1) is 6.82. The van der Waals surface area contributed by atoms with Gasteiger partial charge in [0.05, 0.1) is 0 Å². The fourth-order valence-corrected chi connectivity index (χ4v) is 0.386. The maximum absolute atomic E-state index is 10.3. The lowest BCUT2D eigenvalue weighted by molar-refractivity contribution is -0.122. The van der Waals surface area contributed by atoms with Crippen LogP contribution in [0.2, 0.25) is 0 Å². The molecule has 0 saturated heterocycles. The number of hydrogen-bond acceptors (Lipinski definition) is 2. The molecule has 0 aliphatic carbocycles. The lowest BCUT2D eigenvalue weighted by Crippen LogP contribution is -2.13. The van der Waals surface area contributed by atoms with Crippen molar-refractivity contribution in [3.8, 4) is 0 Å². The van der Waals surface area contributed by atoms with Gasteiger partial charge in [0.25, 0.3) is 0 Å². The van der Waals surface area contributed by atoms with E-state index < -0.39 is 0 Å². The van der Waals surface area contributed by atoms with E-state index in [0.29, 0.717) is 0 Å². The topological polar surface area (TPSA) is 20.3 Å². The maximum atomic E-state index is 10.3. The zero-order valence-electron chi connectivity index (χ0n) is 4.76. The summed E-state index contributed by atoms with van der Waals surface area (Å²) in [6.07, 6.45) is 1.86. The van der Waals surface area contributed by atoms with Crippen molar-refractivity contribution in [2.75, 3.05) is 13.3 Å². The summed E-state index contributed by atoms with van der Waals surface area (Å²) < 4.78 is 1.57. The van der Waals surface area contributed by atoms with E-state index >= 15 is 0 Å². The van der Waals surface area contributed by atoms with Crippen LogP contribution in [0.15, 0.2) is 0 Å². The van der Waals surface area contributed by atoms with Crippen LogP contribution >= 0.6 is 11.9 Å². The Morgan fingerprint density at radius 2 is 2.14 bits per heavy atom. The molecule has 0 aromatic carbocycles. The highest BCUT2D eigenvalue weighted by molar-refractivity contribution is 7.96. The molecule has 2 nitrogen and oxygen atoms in total. The number of rotatable bonds is 1. The molecule has 0 spiro atoms. The molecule has 3 heteroatoms. The van der Waals surface area contributed by atoms with Gasteiger partial charge in [-0.25, -0.2) is 0 Å². The second-order valence-electron chi connectivity index (χ2n) is 1.20. The van der Waals surface area contributed by atoms with E-state index in [0.717, 1.165) is 0 Å². The molecule has 0 fully saturated rings. The smallest absolute Gasteiger partial charge is 0.229 e. The summed E-state index contributed by atoms with van der Waals surface area (Å²) in [5, 5.41) is 0. The van der Waals surface area contributed by atoms with E-state index in [4.69, 9.17) is 0 Å². The van der Waals surface area contributed by atoms with Crippen LogP contribution in [0, 0.1) is 0 Å². The lowest BCUT2D eigenvalue weighted by Gasteiger charge is -2.07. The summed E-state index contributed by atoms with van der Waals surface area (Å²) in [4.78, 5) is 10.3. The fraction of sp³-hybridized carbons (Fsp3) is 0.750. The van der Waals surface area contributed by atoms with Gasteiger partial charge in [-0.15, -0.1) is 0 Å². The number of carbonyl (C=O) groups is 1. The minimum atomic E-state index is 0.0903. The second-order valence-corrected chi connectivity index (χ2v) is 2.11. The van der Waals surface area contributed by atoms with Gasteiger partial charge in [-0.3, -0.25) is 9.10 Å². The van der Waals surface area contributed by atoms with E-state index in [9.17, 15) is 4.79 Å². The van der Waals surface area contributed by atoms with Crippen molar-refractivity contribution in [3.05, 3.63) is 0 Å². The van der Waals surface area contributed by atoms with E-state index in [-0.39, 0.29) is 5.91 Å². The molecular formula is C4H9NOS. The zero-order chi connectivity index (χ0) is 5.86. The monoisotopic (exact) mass is 119 g/mol. The second kappa shape index (κ2) is 2.91. The van der Waals surface area contributed by atoms with Crippen LogP contribution in [0.4, 0.5) is 0 Å². The van der Waals surface area contributed by atoms with Crippen LogP contribution in [-0.2, 0) is 4.79 Å². The molecule has 0 aromatic heterocycles. The Kier molecular flexibility index (Phi) is 2.83. The highest BCUT2D eigenvalue weighted by Gasteiger charge is 1.94. The largest absolute Gasteiger partial charge is 0.290 e. The first-order chi connectivity index (χ1) is 3.18. The van der Waals surface area contributed by atoms with Crippen molar-refractivity contribution in [2.45, 2.75) is 6.92 Å². The molecule has 0 atom stereocenters. The van der Waals surface area contributed by atoms with Gasteiger partial charge in [0.2, 0.25) is 5.91 Å². The van der Waals surface area contributed by atoms with Crippen LogP contribution in [0.25, 0.3) is 0 Å². The Balaban J connectivity index is 3.34. The van der Waals surface area contributed by atoms with E-state index in [1.165, 1.54) is 18.9 Å².